The van der Waals surface area contributed by atoms with Crippen molar-refractivity contribution < 1.29 is 14.3 Å². The number of hydrogen-bond donors (Lipinski definition) is 1. The first-order chi connectivity index (χ1) is 6.36. The van der Waals surface area contributed by atoms with Gasteiger partial charge in [0, 0.05) is 11.1 Å². The molecule has 0 atom stereocenters. The number of halogens is 1. The molecule has 1 aromatic carbocycles. The Bertz CT molecular complexity index is 261. The van der Waals surface area contributed by atoms with Crippen molar-refractivity contribution in [2.24, 2.45) is 0 Å². The molecule has 1 amide bonds. The largest absolute Gasteiger partial charge is 0.358 e. The normalized spacial score (nSPS) is 9.31. The minimum Gasteiger partial charge on any atom is -0.358 e. The van der Waals surface area contributed by atoms with Crippen LogP contribution in [0.5, 0.6) is 5.75 Å². The molecule has 4 heteroatoms. The van der Waals surface area contributed by atoms with E-state index in [1.54, 1.807) is 12.1 Å². The van der Waals surface area contributed by atoms with E-state index < -0.39 is 0 Å². The molecule has 13 heavy (non-hydrogen) atoms. The molecule has 0 fully saturated rings. The molecule has 3 nitrogen and oxygen atoms in total. The monoisotopic (exact) mass is 183 g/mol. The summed E-state index contributed by atoms with van der Waals surface area (Å²) in [4.78, 5) is 13.4. The second-order valence-corrected chi connectivity index (χ2v) is 2.54. The lowest BCUT2D eigenvalue weighted by atomic mass is 10.1. The highest BCUT2D eigenvalue weighted by Crippen LogP contribution is 2.12. The lowest BCUT2D eigenvalue weighted by Gasteiger charge is -2.00. The first-order valence-electron chi connectivity index (χ1n) is 3.91. The molecule has 0 aliphatic carbocycles. The lowest BCUT2D eigenvalue weighted by Crippen LogP contribution is -2.14. The molecule has 0 bridgehead atoms. The Kier molecular flexibility index (Phi) is 3.75. The number of nitrogens with one attached hydrogen (secondary N) is 1. The van der Waals surface area contributed by atoms with Gasteiger partial charge in [-0.1, -0.05) is 12.1 Å². The second kappa shape index (κ2) is 5.13. The van der Waals surface area contributed by atoms with E-state index in [4.69, 9.17) is 0 Å². The Morgan fingerprint density at radius 2 is 2.08 bits per heavy atom. The van der Waals surface area contributed by atoms with E-state index in [0.717, 1.165) is 12.0 Å². The number of benzene rings is 1. The Hall–Kier alpha value is -1.58. The van der Waals surface area contributed by atoms with Crippen LogP contribution >= 0.6 is 0 Å². The SMILES string of the molecule is O=CNCCc1ccc(OF)cc1. The van der Waals surface area contributed by atoms with Gasteiger partial charge in [0.15, 0.2) is 5.75 Å². The van der Waals surface area contributed by atoms with Gasteiger partial charge in [0.05, 0.1) is 0 Å². The average Bonchev–Trinajstić information content (AvgIpc) is 2.19. The standard InChI is InChI=1S/C9H10FNO2/c10-13-9-3-1-8(2-4-9)5-6-11-7-12/h1-4,7H,5-6H2,(H,11,12). The molecule has 70 valence electrons. The van der Waals surface area contributed by atoms with Crippen LogP contribution in [0.3, 0.4) is 0 Å². The van der Waals surface area contributed by atoms with Gasteiger partial charge in [0.2, 0.25) is 6.41 Å². The zero-order chi connectivity index (χ0) is 9.52. The van der Waals surface area contributed by atoms with Gasteiger partial charge in [0.1, 0.15) is 0 Å². The molecule has 1 rings (SSSR count). The molecule has 0 radical (unpaired) electrons. The smallest absolute Gasteiger partial charge is 0.207 e. The van der Waals surface area contributed by atoms with Crippen molar-refractivity contribution in [1.82, 2.24) is 5.32 Å². The molecular weight excluding hydrogens is 173 g/mol. The van der Waals surface area contributed by atoms with E-state index in [2.05, 4.69) is 10.3 Å². The fraction of sp³-hybridized carbons (Fsp3) is 0.222. The van der Waals surface area contributed by atoms with E-state index in [-0.39, 0.29) is 5.75 Å². The maximum atomic E-state index is 11.6. The maximum Gasteiger partial charge on any atom is 0.207 e. The van der Waals surface area contributed by atoms with Crippen LogP contribution in [-0.2, 0) is 11.2 Å². The van der Waals surface area contributed by atoms with Gasteiger partial charge in [-0.25, -0.2) is 0 Å². The quantitative estimate of drug-likeness (QED) is 0.551. The summed E-state index contributed by atoms with van der Waals surface area (Å²) in [5.74, 6) is 0.187. The minimum absolute atomic E-state index is 0.187. The Labute approximate surface area is 75.4 Å². The van der Waals surface area contributed by atoms with Crippen LogP contribution < -0.4 is 10.3 Å². The fourth-order valence-electron chi connectivity index (χ4n) is 0.983. The number of rotatable bonds is 5. The summed E-state index contributed by atoms with van der Waals surface area (Å²) in [7, 11) is 0. The minimum atomic E-state index is 0.187. The van der Waals surface area contributed by atoms with Gasteiger partial charge in [-0.2, -0.15) is 0 Å². The fourth-order valence-corrected chi connectivity index (χ4v) is 0.983. The Morgan fingerprint density at radius 1 is 1.38 bits per heavy atom. The van der Waals surface area contributed by atoms with Crippen molar-refractivity contribution in [3.05, 3.63) is 29.8 Å². The molecule has 0 aliphatic rings. The van der Waals surface area contributed by atoms with Crippen molar-refractivity contribution in [1.29, 1.82) is 0 Å². The molecule has 1 aromatic rings. The Balaban J connectivity index is 2.44. The molecule has 0 unspecified atom stereocenters. The third kappa shape index (κ3) is 3.11. The summed E-state index contributed by atoms with van der Waals surface area (Å²) in [6, 6.07) is 6.58. The summed E-state index contributed by atoms with van der Waals surface area (Å²) in [5, 5.41) is 2.54. The third-order valence-electron chi connectivity index (χ3n) is 1.65. The van der Waals surface area contributed by atoms with Crippen molar-refractivity contribution in [3.8, 4) is 5.75 Å². The second-order valence-electron chi connectivity index (χ2n) is 2.54. The van der Waals surface area contributed by atoms with Gasteiger partial charge < -0.3 is 5.32 Å². The molecular formula is C9H10FNO2. The average molecular weight is 183 g/mol. The van der Waals surface area contributed by atoms with Gasteiger partial charge in [-0.05, 0) is 24.1 Å². The van der Waals surface area contributed by atoms with Crippen molar-refractivity contribution >= 4 is 6.41 Å². The van der Waals surface area contributed by atoms with Crippen LogP contribution in [0.2, 0.25) is 0 Å². The molecule has 0 aliphatic heterocycles. The molecule has 0 saturated carbocycles. The summed E-state index contributed by atoms with van der Waals surface area (Å²) < 4.78 is 11.6. The Morgan fingerprint density at radius 3 is 2.62 bits per heavy atom. The van der Waals surface area contributed by atoms with Crippen molar-refractivity contribution in [3.63, 3.8) is 0 Å². The van der Waals surface area contributed by atoms with Crippen LogP contribution in [0.4, 0.5) is 4.53 Å². The van der Waals surface area contributed by atoms with Crippen LogP contribution in [0.25, 0.3) is 0 Å². The van der Waals surface area contributed by atoms with E-state index in [1.807, 2.05) is 0 Å². The van der Waals surface area contributed by atoms with Crippen molar-refractivity contribution in [2.75, 3.05) is 6.54 Å². The topological polar surface area (TPSA) is 38.3 Å². The van der Waals surface area contributed by atoms with Gasteiger partial charge in [0.25, 0.3) is 0 Å². The van der Waals surface area contributed by atoms with Gasteiger partial charge in [-0.3, -0.25) is 9.74 Å². The number of hydrogen-bond acceptors (Lipinski definition) is 2. The van der Waals surface area contributed by atoms with Gasteiger partial charge >= 0.3 is 0 Å². The van der Waals surface area contributed by atoms with Crippen LogP contribution in [0.15, 0.2) is 24.3 Å². The van der Waals surface area contributed by atoms with E-state index in [1.165, 1.54) is 12.1 Å². The van der Waals surface area contributed by atoms with E-state index in [9.17, 15) is 9.32 Å². The summed E-state index contributed by atoms with van der Waals surface area (Å²) >= 11 is 0. The zero-order valence-corrected chi connectivity index (χ0v) is 7.00. The first-order valence-corrected chi connectivity index (χ1v) is 3.91. The highest BCUT2D eigenvalue weighted by Gasteiger charge is 1.94. The summed E-state index contributed by atoms with van der Waals surface area (Å²) in [6.07, 6.45) is 1.38. The highest BCUT2D eigenvalue weighted by atomic mass is 19.3. The number of amides is 1. The predicted octanol–water partition coefficient (Wildman–Crippen LogP) is 1.24. The lowest BCUT2D eigenvalue weighted by molar-refractivity contribution is -0.109. The van der Waals surface area contributed by atoms with Crippen LogP contribution in [0, 0.1) is 0 Å². The molecule has 0 saturated heterocycles. The number of carbonyl (C=O) groups is 1. The summed E-state index contributed by atoms with van der Waals surface area (Å²) in [6.45, 7) is 0.583. The molecule has 0 heterocycles. The van der Waals surface area contributed by atoms with Gasteiger partial charge in [-0.15, -0.1) is 0 Å². The summed E-state index contributed by atoms with van der Waals surface area (Å²) in [5.41, 5.74) is 1.02. The molecule has 0 aromatic heterocycles. The predicted molar refractivity (Wildman–Crippen MR) is 45.9 cm³/mol. The zero-order valence-electron chi connectivity index (χ0n) is 7.00. The van der Waals surface area contributed by atoms with Crippen molar-refractivity contribution in [2.45, 2.75) is 6.42 Å². The highest BCUT2D eigenvalue weighted by molar-refractivity contribution is 5.45. The maximum absolute atomic E-state index is 11.6. The molecule has 0 spiro atoms. The van der Waals surface area contributed by atoms with E-state index in [0.29, 0.717) is 13.0 Å². The molecule has 1 N–H and O–H groups in total. The van der Waals surface area contributed by atoms with Crippen LogP contribution in [-0.4, -0.2) is 13.0 Å². The third-order valence-corrected chi connectivity index (χ3v) is 1.65. The number of carbonyl (C=O) groups excluding carboxylic acids is 1. The van der Waals surface area contributed by atoms with E-state index >= 15 is 0 Å². The van der Waals surface area contributed by atoms with Crippen LogP contribution in [0.1, 0.15) is 5.56 Å². The first kappa shape index (κ1) is 9.51.